The molecule has 1 fully saturated rings. The van der Waals surface area contributed by atoms with Crippen LogP contribution >= 0.6 is 0 Å². The Balaban J connectivity index is 1.72. The molecule has 1 heterocycles. The molecule has 1 aliphatic carbocycles. The summed E-state index contributed by atoms with van der Waals surface area (Å²) >= 11 is 0. The highest BCUT2D eigenvalue weighted by molar-refractivity contribution is 5.62. The highest BCUT2D eigenvalue weighted by Gasteiger charge is 2.15. The molecule has 0 aliphatic heterocycles. The monoisotopic (exact) mass is 298 g/mol. The molecule has 1 saturated carbocycles. The second kappa shape index (κ2) is 7.11. The molecule has 0 spiro atoms. The lowest BCUT2D eigenvalue weighted by molar-refractivity contribution is 0.342. The molecular formula is C17H22N4O. The first-order chi connectivity index (χ1) is 10.8. The zero-order valence-electron chi connectivity index (χ0n) is 12.9. The Morgan fingerprint density at radius 3 is 2.82 bits per heavy atom. The van der Waals surface area contributed by atoms with E-state index in [0.717, 1.165) is 17.3 Å². The lowest BCUT2D eigenvalue weighted by atomic mass is 10.2. The molecule has 5 heteroatoms. The van der Waals surface area contributed by atoms with Gasteiger partial charge in [0.05, 0.1) is 12.3 Å². The summed E-state index contributed by atoms with van der Waals surface area (Å²) in [7, 11) is 0. The van der Waals surface area contributed by atoms with Crippen molar-refractivity contribution in [2.24, 2.45) is 0 Å². The second-order valence-electron chi connectivity index (χ2n) is 5.45. The van der Waals surface area contributed by atoms with Crippen LogP contribution in [0, 0.1) is 0 Å². The maximum atomic E-state index is 5.61. The van der Waals surface area contributed by atoms with E-state index in [4.69, 9.17) is 4.74 Å². The summed E-state index contributed by atoms with van der Waals surface area (Å²) < 4.78 is 5.61. The van der Waals surface area contributed by atoms with Gasteiger partial charge in [-0.1, -0.05) is 25.0 Å². The predicted molar refractivity (Wildman–Crippen MR) is 88.8 cm³/mol. The molecule has 1 aliphatic rings. The summed E-state index contributed by atoms with van der Waals surface area (Å²) in [5.74, 6) is 2.26. The molecule has 116 valence electrons. The first-order valence-corrected chi connectivity index (χ1v) is 7.93. The van der Waals surface area contributed by atoms with E-state index in [1.165, 1.54) is 25.7 Å². The Labute approximate surface area is 131 Å². The number of hydrogen-bond acceptors (Lipinski definition) is 5. The topological polar surface area (TPSA) is 59.1 Å². The van der Waals surface area contributed by atoms with Crippen LogP contribution in [-0.2, 0) is 0 Å². The van der Waals surface area contributed by atoms with E-state index >= 15 is 0 Å². The van der Waals surface area contributed by atoms with Crippen LogP contribution in [0.2, 0.25) is 0 Å². The second-order valence-corrected chi connectivity index (χ2v) is 5.45. The Bertz CT molecular complexity index is 611. The van der Waals surface area contributed by atoms with Gasteiger partial charge in [-0.15, -0.1) is 0 Å². The van der Waals surface area contributed by atoms with Crippen molar-refractivity contribution in [2.75, 3.05) is 17.2 Å². The minimum absolute atomic E-state index is 0.540. The summed E-state index contributed by atoms with van der Waals surface area (Å²) in [6.07, 6.45) is 6.82. The number of aromatic nitrogens is 2. The van der Waals surface area contributed by atoms with Crippen molar-refractivity contribution < 1.29 is 4.74 Å². The van der Waals surface area contributed by atoms with Gasteiger partial charge in [-0.25, -0.2) is 4.98 Å². The molecule has 0 saturated heterocycles. The van der Waals surface area contributed by atoms with E-state index in [0.29, 0.717) is 18.6 Å². The minimum atomic E-state index is 0.540. The fraction of sp³-hybridized carbons (Fsp3) is 0.412. The number of benzene rings is 1. The number of nitrogens with zero attached hydrogens (tertiary/aromatic N) is 2. The largest absolute Gasteiger partial charge is 0.492 e. The average Bonchev–Trinajstić information content (AvgIpc) is 3.03. The van der Waals surface area contributed by atoms with E-state index in [1.54, 1.807) is 6.20 Å². The smallest absolute Gasteiger partial charge is 0.229 e. The zero-order chi connectivity index (χ0) is 15.2. The third kappa shape index (κ3) is 3.67. The minimum Gasteiger partial charge on any atom is -0.492 e. The van der Waals surface area contributed by atoms with Crippen LogP contribution in [0.15, 0.2) is 36.5 Å². The van der Waals surface area contributed by atoms with Crippen molar-refractivity contribution >= 4 is 17.5 Å². The number of hydrogen-bond donors (Lipinski definition) is 2. The third-order valence-corrected chi connectivity index (χ3v) is 3.80. The standard InChI is InChI=1S/C17H22N4O/c1-2-22-15-10-6-5-9-14(15)20-17-18-12-11-16(21-17)19-13-7-3-4-8-13/h5-6,9-13H,2-4,7-8H2,1H3,(H2,18,19,20,21). The molecule has 3 rings (SSSR count). The summed E-state index contributed by atoms with van der Waals surface area (Å²) in [5.41, 5.74) is 0.877. The molecular weight excluding hydrogens is 276 g/mol. The van der Waals surface area contributed by atoms with Crippen LogP contribution in [-0.4, -0.2) is 22.6 Å². The molecule has 5 nitrogen and oxygen atoms in total. The predicted octanol–water partition coefficient (Wildman–Crippen LogP) is 3.97. The van der Waals surface area contributed by atoms with Crippen LogP contribution in [0.1, 0.15) is 32.6 Å². The molecule has 2 aromatic rings. The van der Waals surface area contributed by atoms with E-state index in [-0.39, 0.29) is 0 Å². The lowest BCUT2D eigenvalue weighted by Crippen LogP contribution is -2.16. The Morgan fingerprint density at radius 2 is 2.00 bits per heavy atom. The molecule has 1 aromatic carbocycles. The molecule has 0 atom stereocenters. The number of anilines is 3. The fourth-order valence-electron chi connectivity index (χ4n) is 2.75. The van der Waals surface area contributed by atoms with Gasteiger partial charge in [-0.3, -0.25) is 0 Å². The Morgan fingerprint density at radius 1 is 1.18 bits per heavy atom. The van der Waals surface area contributed by atoms with Gasteiger partial charge in [-0.2, -0.15) is 4.98 Å². The van der Waals surface area contributed by atoms with Gasteiger partial charge < -0.3 is 15.4 Å². The molecule has 1 aromatic heterocycles. The Hall–Kier alpha value is -2.30. The van der Waals surface area contributed by atoms with Crippen LogP contribution in [0.3, 0.4) is 0 Å². The third-order valence-electron chi connectivity index (χ3n) is 3.80. The van der Waals surface area contributed by atoms with Gasteiger partial charge in [0, 0.05) is 12.2 Å². The first-order valence-electron chi connectivity index (χ1n) is 7.93. The van der Waals surface area contributed by atoms with Crippen molar-refractivity contribution in [1.29, 1.82) is 0 Å². The molecule has 22 heavy (non-hydrogen) atoms. The van der Waals surface area contributed by atoms with Crippen molar-refractivity contribution in [3.05, 3.63) is 36.5 Å². The number of nitrogens with one attached hydrogen (secondary N) is 2. The number of rotatable bonds is 6. The fourth-order valence-corrected chi connectivity index (χ4v) is 2.75. The van der Waals surface area contributed by atoms with Gasteiger partial charge in [0.25, 0.3) is 0 Å². The van der Waals surface area contributed by atoms with Crippen LogP contribution in [0.25, 0.3) is 0 Å². The molecule has 0 amide bonds. The molecule has 0 unspecified atom stereocenters. The van der Waals surface area contributed by atoms with E-state index < -0.39 is 0 Å². The van der Waals surface area contributed by atoms with Gasteiger partial charge >= 0.3 is 0 Å². The summed E-state index contributed by atoms with van der Waals surface area (Å²) in [4.78, 5) is 8.84. The van der Waals surface area contributed by atoms with Crippen molar-refractivity contribution in [1.82, 2.24) is 9.97 Å². The normalized spacial score (nSPS) is 14.8. The van der Waals surface area contributed by atoms with Gasteiger partial charge in [-0.05, 0) is 38.0 Å². The SMILES string of the molecule is CCOc1ccccc1Nc1nccc(NC2CCCC2)n1. The number of para-hydroxylation sites is 2. The van der Waals surface area contributed by atoms with Crippen LogP contribution < -0.4 is 15.4 Å². The van der Waals surface area contributed by atoms with Gasteiger partial charge in [0.1, 0.15) is 11.6 Å². The van der Waals surface area contributed by atoms with Gasteiger partial charge in [0.2, 0.25) is 5.95 Å². The van der Waals surface area contributed by atoms with Crippen molar-refractivity contribution in [3.8, 4) is 5.75 Å². The highest BCUT2D eigenvalue weighted by Crippen LogP contribution is 2.27. The molecule has 0 radical (unpaired) electrons. The number of ether oxygens (including phenoxy) is 1. The highest BCUT2D eigenvalue weighted by atomic mass is 16.5. The van der Waals surface area contributed by atoms with Crippen molar-refractivity contribution in [2.45, 2.75) is 38.6 Å². The van der Waals surface area contributed by atoms with E-state index in [1.807, 2.05) is 37.3 Å². The van der Waals surface area contributed by atoms with Crippen LogP contribution in [0.4, 0.5) is 17.5 Å². The van der Waals surface area contributed by atoms with Crippen molar-refractivity contribution in [3.63, 3.8) is 0 Å². The van der Waals surface area contributed by atoms with E-state index in [9.17, 15) is 0 Å². The first kappa shape index (κ1) is 14.6. The lowest BCUT2D eigenvalue weighted by Gasteiger charge is -2.14. The summed E-state index contributed by atoms with van der Waals surface area (Å²) in [5, 5.41) is 6.72. The molecule has 2 N–H and O–H groups in total. The maximum Gasteiger partial charge on any atom is 0.229 e. The van der Waals surface area contributed by atoms with E-state index in [2.05, 4.69) is 20.6 Å². The Kier molecular flexibility index (Phi) is 4.73. The zero-order valence-corrected chi connectivity index (χ0v) is 12.9. The van der Waals surface area contributed by atoms with Gasteiger partial charge in [0.15, 0.2) is 0 Å². The summed E-state index contributed by atoms with van der Waals surface area (Å²) in [6.45, 7) is 2.60. The quantitative estimate of drug-likeness (QED) is 0.845. The molecule has 0 bridgehead atoms. The average molecular weight is 298 g/mol. The summed E-state index contributed by atoms with van der Waals surface area (Å²) in [6, 6.07) is 10.3. The maximum absolute atomic E-state index is 5.61. The van der Waals surface area contributed by atoms with Crippen LogP contribution in [0.5, 0.6) is 5.75 Å².